The number of hydrogen-bond acceptors (Lipinski definition) is 6. The van der Waals surface area contributed by atoms with Crippen LogP contribution in [0.3, 0.4) is 0 Å². The van der Waals surface area contributed by atoms with Gasteiger partial charge < -0.3 is 19.7 Å². The van der Waals surface area contributed by atoms with Crippen LogP contribution in [0.25, 0.3) is 0 Å². The summed E-state index contributed by atoms with van der Waals surface area (Å²) < 4.78 is 25.8. The van der Waals surface area contributed by atoms with Gasteiger partial charge in [0.25, 0.3) is 5.91 Å². The first-order valence-electron chi connectivity index (χ1n) is 13.1. The van der Waals surface area contributed by atoms with Gasteiger partial charge in [0, 0.05) is 44.0 Å². The van der Waals surface area contributed by atoms with Crippen molar-refractivity contribution in [2.24, 2.45) is 11.3 Å². The van der Waals surface area contributed by atoms with Crippen molar-refractivity contribution in [2.45, 2.75) is 39.2 Å². The lowest BCUT2D eigenvalue weighted by atomic mass is 9.75. The molecule has 2 aliphatic rings. The number of ether oxygens (including phenoxy) is 2. The van der Waals surface area contributed by atoms with Crippen LogP contribution in [0.5, 0.6) is 5.75 Å². The molecular formula is C30H30FN5O4. The molecule has 0 unspecified atom stereocenters. The number of amides is 2. The van der Waals surface area contributed by atoms with Crippen molar-refractivity contribution in [1.29, 1.82) is 0 Å². The van der Waals surface area contributed by atoms with E-state index in [4.69, 9.17) is 9.47 Å². The maximum absolute atomic E-state index is 13.4. The van der Waals surface area contributed by atoms with E-state index in [9.17, 15) is 14.0 Å². The zero-order valence-electron chi connectivity index (χ0n) is 22.7. The molecule has 4 heterocycles. The standard InChI is InChI=1S/C30H30FN5O4/c1-30(2,22-10-13-39-14-11-22)12-9-20-7-8-26-25(16-20)35(3)28(37)24(19-40-26)34-29(38)36-18-21(17-32-36)15-23-5-4-6-27(31)33-23/h4-6,16-18,22,24H,10-11,13-15,19H2,1-3H3,(H,34,38)/t24-/m0/s1. The third-order valence-electron chi connectivity index (χ3n) is 7.27. The molecule has 0 saturated carbocycles. The molecule has 2 aliphatic heterocycles. The molecule has 0 bridgehead atoms. The van der Waals surface area contributed by atoms with Crippen LogP contribution in [-0.4, -0.2) is 59.6 Å². The number of nitrogens with one attached hydrogen (secondary N) is 1. The number of aromatic nitrogens is 3. The summed E-state index contributed by atoms with van der Waals surface area (Å²) in [5, 5.41) is 6.76. The number of fused-ring (bicyclic) bond motifs is 1. The van der Waals surface area contributed by atoms with E-state index in [1.807, 2.05) is 0 Å². The molecule has 0 aliphatic carbocycles. The van der Waals surface area contributed by atoms with E-state index in [1.165, 1.54) is 23.4 Å². The van der Waals surface area contributed by atoms with Crippen molar-refractivity contribution >= 4 is 17.6 Å². The molecule has 10 heteroatoms. The normalized spacial score (nSPS) is 17.6. The van der Waals surface area contributed by atoms with Crippen LogP contribution < -0.4 is 15.0 Å². The average molecular weight is 544 g/mol. The van der Waals surface area contributed by atoms with Gasteiger partial charge in [-0.1, -0.05) is 17.9 Å². The molecule has 2 amide bonds. The summed E-state index contributed by atoms with van der Waals surface area (Å²) in [6, 6.07) is 10.7. The minimum Gasteiger partial charge on any atom is -0.481 e. The SMILES string of the molecule is CN1C(=O)[C@@H](NC(=O)n2cc(Cc3cccc(F)n3)cn2)COc2c#cc(C#CC(C)(C)C3CCOCC3)cc21. The number of likely N-dealkylation sites (N-methyl/N-ethyl adjacent to an activating group) is 1. The van der Waals surface area contributed by atoms with Crippen LogP contribution in [-0.2, 0) is 16.0 Å². The number of hydrogen-bond donors (Lipinski definition) is 1. The molecule has 5 rings (SSSR count). The fraction of sp³-hybridized carbons (Fsp3) is 0.400. The summed E-state index contributed by atoms with van der Waals surface area (Å²) in [7, 11) is 1.62. The number of carbonyl (C=O) groups is 2. The number of halogens is 1. The van der Waals surface area contributed by atoms with E-state index in [0.29, 0.717) is 40.6 Å². The lowest BCUT2D eigenvalue weighted by Gasteiger charge is -2.32. The van der Waals surface area contributed by atoms with Crippen LogP contribution in [0.4, 0.5) is 14.9 Å². The van der Waals surface area contributed by atoms with Crippen LogP contribution >= 0.6 is 0 Å². The molecule has 0 radical (unpaired) electrons. The molecule has 1 aromatic carbocycles. The summed E-state index contributed by atoms with van der Waals surface area (Å²) in [5.41, 5.74) is 2.08. The second-order valence-electron chi connectivity index (χ2n) is 10.5. The third-order valence-corrected chi connectivity index (χ3v) is 7.27. The second-order valence-corrected chi connectivity index (χ2v) is 10.5. The predicted octanol–water partition coefficient (Wildman–Crippen LogP) is 3.39. The summed E-state index contributed by atoms with van der Waals surface area (Å²) >= 11 is 0. The summed E-state index contributed by atoms with van der Waals surface area (Å²) in [6.07, 6.45) is 5.26. The van der Waals surface area contributed by atoms with Crippen LogP contribution in [0.15, 0.2) is 36.7 Å². The first-order chi connectivity index (χ1) is 19.2. The van der Waals surface area contributed by atoms with Gasteiger partial charge in [-0.15, -0.1) is 0 Å². The van der Waals surface area contributed by atoms with Gasteiger partial charge in [-0.25, -0.2) is 9.78 Å². The highest BCUT2D eigenvalue weighted by molar-refractivity contribution is 6.00. The molecule has 1 atom stereocenters. The Kier molecular flexibility index (Phi) is 7.72. The Morgan fingerprint density at radius 2 is 2.08 bits per heavy atom. The van der Waals surface area contributed by atoms with E-state index < -0.39 is 18.0 Å². The van der Waals surface area contributed by atoms with Crippen LogP contribution in [0.1, 0.15) is 43.5 Å². The maximum atomic E-state index is 13.4. The van der Waals surface area contributed by atoms with Crippen molar-refractivity contribution in [1.82, 2.24) is 20.1 Å². The van der Waals surface area contributed by atoms with Crippen LogP contribution in [0.2, 0.25) is 0 Å². The van der Waals surface area contributed by atoms with E-state index in [2.05, 4.69) is 53.2 Å². The highest BCUT2D eigenvalue weighted by Gasteiger charge is 2.32. The van der Waals surface area contributed by atoms with E-state index >= 15 is 0 Å². The van der Waals surface area contributed by atoms with Crippen molar-refractivity contribution in [3.63, 3.8) is 0 Å². The minimum atomic E-state index is -0.960. The second kappa shape index (κ2) is 11.4. The molecule has 0 spiro atoms. The molecule has 3 aromatic rings. The molecule has 1 N–H and O–H groups in total. The van der Waals surface area contributed by atoms with Gasteiger partial charge in [0.1, 0.15) is 12.6 Å². The Bertz CT molecular complexity index is 1470. The maximum Gasteiger partial charge on any atom is 0.342 e. The summed E-state index contributed by atoms with van der Waals surface area (Å²) in [6.45, 7) is 5.69. The van der Waals surface area contributed by atoms with Crippen molar-refractivity contribution in [3.05, 3.63) is 71.6 Å². The lowest BCUT2D eigenvalue weighted by Crippen LogP contribution is -2.50. The fourth-order valence-corrected chi connectivity index (χ4v) is 4.83. The molecule has 206 valence electrons. The Labute approximate surface area is 232 Å². The zero-order chi connectivity index (χ0) is 28.3. The van der Waals surface area contributed by atoms with Gasteiger partial charge in [0.05, 0.1) is 17.4 Å². The highest BCUT2D eigenvalue weighted by atomic mass is 19.1. The van der Waals surface area contributed by atoms with E-state index in [1.54, 1.807) is 25.2 Å². The highest BCUT2D eigenvalue weighted by Crippen LogP contribution is 2.34. The first kappa shape index (κ1) is 27.2. The van der Waals surface area contributed by atoms with Gasteiger partial charge in [-0.3, -0.25) is 4.79 Å². The Balaban J connectivity index is 1.25. The third kappa shape index (κ3) is 6.08. The average Bonchev–Trinajstić information content (AvgIpc) is 3.38. The lowest BCUT2D eigenvalue weighted by molar-refractivity contribution is -0.120. The zero-order valence-corrected chi connectivity index (χ0v) is 22.7. The van der Waals surface area contributed by atoms with Crippen molar-refractivity contribution in [2.75, 3.05) is 31.8 Å². The van der Waals surface area contributed by atoms with Crippen molar-refractivity contribution in [3.8, 4) is 17.6 Å². The van der Waals surface area contributed by atoms with E-state index in [0.717, 1.165) is 30.7 Å². The molecular weight excluding hydrogens is 513 g/mol. The first-order valence-corrected chi connectivity index (χ1v) is 13.1. The molecule has 40 heavy (non-hydrogen) atoms. The minimum absolute atomic E-state index is 0.0879. The Morgan fingerprint density at radius 3 is 2.85 bits per heavy atom. The van der Waals surface area contributed by atoms with E-state index in [-0.39, 0.29) is 17.9 Å². The van der Waals surface area contributed by atoms with Gasteiger partial charge >= 0.3 is 6.03 Å². The predicted molar refractivity (Wildman–Crippen MR) is 144 cm³/mol. The number of anilines is 1. The topological polar surface area (TPSA) is 98.6 Å². The number of nitrogens with zero attached hydrogens (tertiary/aromatic N) is 4. The van der Waals surface area contributed by atoms with Gasteiger partial charge in [0.2, 0.25) is 5.95 Å². The monoisotopic (exact) mass is 543 g/mol. The van der Waals surface area contributed by atoms with Gasteiger partial charge in [-0.2, -0.15) is 14.2 Å². The van der Waals surface area contributed by atoms with Crippen molar-refractivity contribution < 1.29 is 23.5 Å². The van der Waals surface area contributed by atoms with Gasteiger partial charge in [-0.05, 0) is 68.5 Å². The number of pyridine rings is 1. The largest absolute Gasteiger partial charge is 0.481 e. The fourth-order valence-electron chi connectivity index (χ4n) is 4.83. The van der Waals surface area contributed by atoms with Gasteiger partial charge in [0.15, 0.2) is 5.75 Å². The molecule has 1 fully saturated rings. The quantitative estimate of drug-likeness (QED) is 0.400. The molecule has 9 nitrogen and oxygen atoms in total. The Morgan fingerprint density at radius 1 is 1.27 bits per heavy atom. The summed E-state index contributed by atoms with van der Waals surface area (Å²) in [4.78, 5) is 31.4. The Hall–Kier alpha value is -4.41. The molecule has 1 saturated heterocycles. The summed E-state index contributed by atoms with van der Waals surface area (Å²) in [5.74, 6) is 6.44. The number of rotatable bonds is 4. The number of carbonyl (C=O) groups excluding carboxylic acids is 2. The molecule has 2 aromatic heterocycles. The smallest absolute Gasteiger partial charge is 0.342 e. The van der Waals surface area contributed by atoms with Crippen LogP contribution in [0, 0.1) is 41.3 Å².